The molecular formula is C46H35N4O3P. The summed E-state index contributed by atoms with van der Waals surface area (Å²) in [4.78, 5) is 16.7. The van der Waals surface area contributed by atoms with E-state index in [0.29, 0.717) is 11.5 Å². The van der Waals surface area contributed by atoms with Crippen molar-refractivity contribution >= 4 is 45.1 Å². The molecule has 9 aromatic rings. The summed E-state index contributed by atoms with van der Waals surface area (Å²) in [6, 6.07) is 53.4. The number of benzene rings is 7. The van der Waals surface area contributed by atoms with Crippen molar-refractivity contribution < 1.29 is 14.0 Å². The van der Waals surface area contributed by atoms with E-state index in [4.69, 9.17) is 19.4 Å². The quantitative estimate of drug-likeness (QED) is 0.145. The van der Waals surface area contributed by atoms with Crippen molar-refractivity contribution in [3.05, 3.63) is 169 Å². The Bertz CT molecular complexity index is 2790. The molecule has 2 aromatic heterocycles. The molecule has 0 aliphatic carbocycles. The molecule has 0 fully saturated rings. The van der Waals surface area contributed by atoms with E-state index in [1.165, 1.54) is 5.56 Å². The van der Waals surface area contributed by atoms with Crippen LogP contribution in [0.5, 0.6) is 17.2 Å². The highest BCUT2D eigenvalue weighted by atomic mass is 31.2. The van der Waals surface area contributed by atoms with Gasteiger partial charge in [0.15, 0.2) is 7.14 Å². The van der Waals surface area contributed by atoms with Gasteiger partial charge < -0.3 is 24.0 Å². The van der Waals surface area contributed by atoms with Crippen LogP contribution in [0.4, 0.5) is 0 Å². The summed E-state index contributed by atoms with van der Waals surface area (Å²) in [6.45, 7) is 2.08. The van der Waals surface area contributed by atoms with Crippen molar-refractivity contribution in [2.75, 3.05) is 7.11 Å². The number of H-pyrrole nitrogens is 2. The van der Waals surface area contributed by atoms with Crippen molar-refractivity contribution in [1.82, 2.24) is 19.9 Å². The summed E-state index contributed by atoms with van der Waals surface area (Å²) < 4.78 is 26.4. The molecular weight excluding hydrogens is 688 g/mol. The zero-order valence-corrected chi connectivity index (χ0v) is 30.5. The van der Waals surface area contributed by atoms with Gasteiger partial charge in [-0.25, -0.2) is 9.97 Å². The number of nitrogens with zero attached hydrogens (tertiary/aromatic N) is 2. The Morgan fingerprint density at radius 2 is 0.907 bits per heavy atom. The lowest BCUT2D eigenvalue weighted by atomic mass is 10.0. The first-order valence-corrected chi connectivity index (χ1v) is 19.4. The normalized spacial score (nSPS) is 12.5. The minimum atomic E-state index is -3.13. The first kappa shape index (κ1) is 33.2. The molecule has 0 aliphatic heterocycles. The van der Waals surface area contributed by atoms with Gasteiger partial charge in [0.25, 0.3) is 0 Å². The van der Waals surface area contributed by atoms with E-state index in [1.807, 2.05) is 103 Å². The molecule has 0 radical (unpaired) electrons. The van der Waals surface area contributed by atoms with E-state index in [-0.39, 0.29) is 0 Å². The monoisotopic (exact) mass is 722 g/mol. The summed E-state index contributed by atoms with van der Waals surface area (Å²) >= 11 is 0. The lowest BCUT2D eigenvalue weighted by Gasteiger charge is -2.20. The fourth-order valence-electron chi connectivity index (χ4n) is 6.77. The molecule has 9 rings (SSSR count). The van der Waals surface area contributed by atoms with Gasteiger partial charge in [0.1, 0.15) is 28.9 Å². The summed E-state index contributed by atoms with van der Waals surface area (Å²) in [6.07, 6.45) is 0. The van der Waals surface area contributed by atoms with Gasteiger partial charge in [0, 0.05) is 27.0 Å². The van der Waals surface area contributed by atoms with E-state index in [2.05, 4.69) is 77.6 Å². The van der Waals surface area contributed by atoms with E-state index in [9.17, 15) is 4.57 Å². The Balaban J connectivity index is 0.924. The second-order valence-corrected chi connectivity index (χ2v) is 16.0. The summed E-state index contributed by atoms with van der Waals surface area (Å²) in [5, 5.41) is 2.23. The third-order valence-electron chi connectivity index (χ3n) is 9.74. The fourth-order valence-corrected chi connectivity index (χ4v) is 9.40. The number of ether oxygens (including phenoxy) is 2. The molecule has 8 heteroatoms. The topological polar surface area (TPSA) is 92.9 Å². The van der Waals surface area contributed by atoms with Crippen LogP contribution in [0.2, 0.25) is 0 Å². The first-order chi connectivity index (χ1) is 26.4. The van der Waals surface area contributed by atoms with Crippen LogP contribution in [0.1, 0.15) is 5.56 Å². The Hall–Kier alpha value is -6.69. The molecule has 7 aromatic carbocycles. The second kappa shape index (κ2) is 13.7. The average Bonchev–Trinajstić information content (AvgIpc) is 3.86. The summed E-state index contributed by atoms with van der Waals surface area (Å²) in [5.41, 5.74) is 9.14. The van der Waals surface area contributed by atoms with Crippen molar-refractivity contribution in [2.24, 2.45) is 0 Å². The van der Waals surface area contributed by atoms with Crippen molar-refractivity contribution in [2.45, 2.75) is 6.92 Å². The molecule has 1 atom stereocenters. The van der Waals surface area contributed by atoms with Gasteiger partial charge >= 0.3 is 0 Å². The van der Waals surface area contributed by atoms with Crippen LogP contribution < -0.4 is 25.4 Å². The minimum absolute atomic E-state index is 0.650. The number of hydrogen-bond donors (Lipinski definition) is 2. The second-order valence-electron chi connectivity index (χ2n) is 13.3. The zero-order chi connectivity index (χ0) is 36.6. The van der Waals surface area contributed by atoms with Crippen molar-refractivity contribution in [3.63, 3.8) is 0 Å². The predicted molar refractivity (Wildman–Crippen MR) is 219 cm³/mol. The van der Waals surface area contributed by atoms with Gasteiger partial charge in [-0.15, -0.1) is 0 Å². The van der Waals surface area contributed by atoms with Crippen LogP contribution in [0, 0.1) is 6.92 Å². The Labute approximate surface area is 312 Å². The number of aromatic amines is 2. The van der Waals surface area contributed by atoms with Gasteiger partial charge in [-0.3, -0.25) is 0 Å². The van der Waals surface area contributed by atoms with Gasteiger partial charge in [0.2, 0.25) is 0 Å². The minimum Gasteiger partial charge on any atom is -0.497 e. The highest BCUT2D eigenvalue weighted by Gasteiger charge is 2.29. The molecule has 7 nitrogen and oxygen atoms in total. The third kappa shape index (κ3) is 6.25. The van der Waals surface area contributed by atoms with Crippen LogP contribution in [-0.4, -0.2) is 27.0 Å². The number of aryl methyl sites for hydroxylation is 1. The van der Waals surface area contributed by atoms with Crippen LogP contribution in [0.3, 0.4) is 0 Å². The molecule has 0 saturated carbocycles. The van der Waals surface area contributed by atoms with E-state index < -0.39 is 7.14 Å². The molecule has 0 spiro atoms. The van der Waals surface area contributed by atoms with Crippen molar-refractivity contribution in [1.29, 1.82) is 0 Å². The van der Waals surface area contributed by atoms with Gasteiger partial charge in [-0.2, -0.15) is 0 Å². The number of hydrogen-bond acceptors (Lipinski definition) is 5. The van der Waals surface area contributed by atoms with Gasteiger partial charge in [-0.1, -0.05) is 72.3 Å². The predicted octanol–water partition coefficient (Wildman–Crippen LogP) is 10.2. The molecule has 0 saturated heterocycles. The lowest BCUT2D eigenvalue weighted by Crippen LogP contribution is -2.24. The molecule has 2 heterocycles. The standard InChI is InChI=1S/C46H35N4O3P/c1-30-8-10-31(11-9-30)45-47-41-26-14-33(28-43(41)49-45)34-15-27-42-44(29-34)50-46(48-42)32-12-16-36(17-13-32)53-37-20-24-40(25-21-37)54(51,38-6-4-3-5-7-38)39-22-18-35(52-2)19-23-39/h3-29H,1-2H3,(H,47,49)(H,48,50). The number of aromatic nitrogens is 4. The van der Waals surface area contributed by atoms with Crippen LogP contribution in [0.25, 0.3) is 56.0 Å². The molecule has 1 unspecified atom stereocenters. The summed E-state index contributed by atoms with van der Waals surface area (Å²) in [7, 11) is -1.51. The maximum absolute atomic E-state index is 14.8. The molecule has 0 amide bonds. The Morgan fingerprint density at radius 3 is 1.41 bits per heavy atom. The molecule has 0 bridgehead atoms. The number of nitrogens with one attached hydrogen (secondary N) is 2. The van der Waals surface area contributed by atoms with E-state index in [1.54, 1.807) is 7.11 Å². The molecule has 0 aliphatic rings. The average molecular weight is 723 g/mol. The number of rotatable bonds is 9. The molecule has 262 valence electrons. The van der Waals surface area contributed by atoms with Crippen LogP contribution >= 0.6 is 7.14 Å². The molecule has 2 N–H and O–H groups in total. The number of imidazole rings is 2. The highest BCUT2D eigenvalue weighted by molar-refractivity contribution is 7.85. The van der Waals surface area contributed by atoms with Crippen LogP contribution in [-0.2, 0) is 4.57 Å². The lowest BCUT2D eigenvalue weighted by molar-refractivity contribution is 0.415. The maximum Gasteiger partial charge on any atom is 0.171 e. The van der Waals surface area contributed by atoms with Crippen LogP contribution in [0.15, 0.2) is 164 Å². The SMILES string of the molecule is COc1ccc(P(=O)(c2ccccc2)c2ccc(Oc3ccc(-c4nc5cc(-c6ccc7[nH]c(-c8ccc(C)cc8)nc7c6)ccc5[nH]4)cc3)cc2)cc1. The van der Waals surface area contributed by atoms with Crippen molar-refractivity contribution in [3.8, 4) is 51.2 Å². The number of methoxy groups -OCH3 is 1. The number of fused-ring (bicyclic) bond motifs is 2. The third-order valence-corrected chi connectivity index (χ3v) is 12.8. The van der Waals surface area contributed by atoms with Gasteiger partial charge in [0.05, 0.1) is 29.2 Å². The smallest absolute Gasteiger partial charge is 0.171 e. The Morgan fingerprint density at radius 1 is 0.481 bits per heavy atom. The largest absolute Gasteiger partial charge is 0.497 e. The summed E-state index contributed by atoms with van der Waals surface area (Å²) in [5.74, 6) is 3.69. The zero-order valence-electron chi connectivity index (χ0n) is 29.7. The highest BCUT2D eigenvalue weighted by Crippen LogP contribution is 2.43. The Kier molecular flexibility index (Phi) is 8.41. The first-order valence-electron chi connectivity index (χ1n) is 17.7. The van der Waals surface area contributed by atoms with E-state index >= 15 is 0 Å². The van der Waals surface area contributed by atoms with Gasteiger partial charge in [-0.05, 0) is 115 Å². The van der Waals surface area contributed by atoms with E-state index in [0.717, 1.165) is 77.6 Å². The maximum atomic E-state index is 14.8. The fraction of sp³-hybridized carbons (Fsp3) is 0.0435. The molecule has 54 heavy (non-hydrogen) atoms.